The second-order valence-corrected chi connectivity index (χ2v) is 4.60. The van der Waals surface area contributed by atoms with Gasteiger partial charge < -0.3 is 20.1 Å². The molecule has 0 aliphatic rings. The van der Waals surface area contributed by atoms with E-state index in [0.29, 0.717) is 28.1 Å². The monoisotopic (exact) mass is 366 g/mol. The highest BCUT2D eigenvalue weighted by molar-refractivity contribution is 9.10. The van der Waals surface area contributed by atoms with Crippen LogP contribution in [0.1, 0.15) is 17.3 Å². The molecule has 1 aromatic rings. The Kier molecular flexibility index (Phi) is 9.37. The smallest absolute Gasteiger partial charge is 0.251 e. The van der Waals surface area contributed by atoms with Gasteiger partial charge >= 0.3 is 0 Å². The predicted molar refractivity (Wildman–Crippen MR) is 85.4 cm³/mol. The Hall–Kier alpha value is -0.980. The molecule has 0 aliphatic heterocycles. The average Bonchev–Trinajstić information content (AvgIpc) is 2.43. The minimum absolute atomic E-state index is 0. The van der Waals surface area contributed by atoms with Crippen LogP contribution in [0.3, 0.4) is 0 Å². The van der Waals surface area contributed by atoms with E-state index in [1.165, 1.54) is 0 Å². The molecule has 1 rings (SSSR count). The summed E-state index contributed by atoms with van der Waals surface area (Å²) in [6.07, 6.45) is 0. The van der Waals surface area contributed by atoms with Crippen LogP contribution in [0.15, 0.2) is 16.6 Å². The minimum atomic E-state index is -0.151. The van der Waals surface area contributed by atoms with Gasteiger partial charge in [-0.15, -0.1) is 12.4 Å². The Balaban J connectivity index is 0.00000361. The van der Waals surface area contributed by atoms with Crippen molar-refractivity contribution in [2.24, 2.45) is 0 Å². The van der Waals surface area contributed by atoms with E-state index < -0.39 is 0 Å². The van der Waals surface area contributed by atoms with Crippen LogP contribution in [0, 0.1) is 0 Å². The van der Waals surface area contributed by atoms with Gasteiger partial charge in [0.05, 0.1) is 14.2 Å². The maximum Gasteiger partial charge on any atom is 0.251 e. The first-order valence-corrected chi connectivity index (χ1v) is 6.83. The highest BCUT2D eigenvalue weighted by atomic mass is 79.9. The van der Waals surface area contributed by atoms with Gasteiger partial charge in [-0.25, -0.2) is 0 Å². The first kappa shape index (κ1) is 19.0. The molecular formula is C13H20BrClN2O3. The third-order valence-corrected chi connectivity index (χ3v) is 3.33. The quantitative estimate of drug-likeness (QED) is 0.726. The van der Waals surface area contributed by atoms with Crippen LogP contribution in [-0.2, 0) is 0 Å². The second-order valence-electron chi connectivity index (χ2n) is 3.80. The largest absolute Gasteiger partial charge is 0.495 e. The third kappa shape index (κ3) is 5.19. The third-order valence-electron chi connectivity index (χ3n) is 2.55. The number of rotatable bonds is 7. The van der Waals surface area contributed by atoms with Gasteiger partial charge in [0, 0.05) is 18.7 Å². The molecule has 0 aromatic heterocycles. The number of methoxy groups -OCH3 is 2. The minimum Gasteiger partial charge on any atom is -0.495 e. The van der Waals surface area contributed by atoms with Crippen molar-refractivity contribution in [1.29, 1.82) is 0 Å². The van der Waals surface area contributed by atoms with E-state index >= 15 is 0 Å². The summed E-state index contributed by atoms with van der Waals surface area (Å²) in [6, 6.07) is 3.35. The first-order chi connectivity index (χ1) is 9.13. The fraction of sp³-hybridized carbons (Fsp3) is 0.462. The number of hydrogen-bond acceptors (Lipinski definition) is 4. The Morgan fingerprint density at radius 2 is 1.75 bits per heavy atom. The van der Waals surface area contributed by atoms with Crippen molar-refractivity contribution in [3.8, 4) is 11.5 Å². The Morgan fingerprint density at radius 1 is 1.20 bits per heavy atom. The lowest BCUT2D eigenvalue weighted by Gasteiger charge is -2.11. The molecule has 0 fully saturated rings. The van der Waals surface area contributed by atoms with E-state index in [9.17, 15) is 4.79 Å². The van der Waals surface area contributed by atoms with E-state index in [1.54, 1.807) is 26.4 Å². The molecule has 7 heteroatoms. The molecule has 0 bridgehead atoms. The summed E-state index contributed by atoms with van der Waals surface area (Å²) in [5, 5.41) is 5.97. The zero-order chi connectivity index (χ0) is 14.3. The molecule has 0 spiro atoms. The molecule has 0 radical (unpaired) electrons. The number of carbonyl (C=O) groups is 1. The molecule has 2 N–H and O–H groups in total. The predicted octanol–water partition coefficient (Wildman–Crippen LogP) is 2.23. The van der Waals surface area contributed by atoms with Crippen LogP contribution in [0.2, 0.25) is 0 Å². The van der Waals surface area contributed by atoms with Crippen molar-refractivity contribution in [3.63, 3.8) is 0 Å². The maximum absolute atomic E-state index is 12.0. The van der Waals surface area contributed by atoms with E-state index in [1.807, 2.05) is 6.92 Å². The Morgan fingerprint density at radius 3 is 2.20 bits per heavy atom. The molecule has 0 aliphatic carbocycles. The van der Waals surface area contributed by atoms with E-state index in [2.05, 4.69) is 26.6 Å². The summed E-state index contributed by atoms with van der Waals surface area (Å²) in [5.74, 6) is 0.981. The maximum atomic E-state index is 12.0. The number of amides is 1. The fourth-order valence-corrected chi connectivity index (χ4v) is 2.10. The first-order valence-electron chi connectivity index (χ1n) is 6.04. The molecule has 0 saturated heterocycles. The Labute approximate surface area is 133 Å². The van der Waals surface area contributed by atoms with Crippen LogP contribution < -0.4 is 20.1 Å². The number of hydrogen-bond donors (Lipinski definition) is 2. The molecule has 0 atom stereocenters. The van der Waals surface area contributed by atoms with Crippen LogP contribution in [0.4, 0.5) is 0 Å². The fourth-order valence-electron chi connectivity index (χ4n) is 1.54. The lowest BCUT2D eigenvalue weighted by Crippen LogP contribution is -2.31. The topological polar surface area (TPSA) is 59.6 Å². The van der Waals surface area contributed by atoms with Gasteiger partial charge in [-0.2, -0.15) is 0 Å². The summed E-state index contributed by atoms with van der Waals surface area (Å²) in [7, 11) is 3.10. The number of nitrogens with one attached hydrogen (secondary N) is 2. The van der Waals surface area contributed by atoms with E-state index in [-0.39, 0.29) is 18.3 Å². The molecule has 1 amide bonds. The van der Waals surface area contributed by atoms with Gasteiger partial charge in [0.15, 0.2) is 0 Å². The molecular weight excluding hydrogens is 348 g/mol. The summed E-state index contributed by atoms with van der Waals surface area (Å²) in [4.78, 5) is 12.0. The van der Waals surface area contributed by atoms with Crippen molar-refractivity contribution in [2.75, 3.05) is 33.9 Å². The summed E-state index contributed by atoms with van der Waals surface area (Å²) < 4.78 is 11.1. The number of halogens is 2. The number of ether oxygens (including phenoxy) is 2. The molecule has 0 heterocycles. The second kappa shape index (κ2) is 9.85. The molecule has 0 unspecified atom stereocenters. The van der Waals surface area contributed by atoms with Gasteiger partial charge in [0.1, 0.15) is 16.0 Å². The van der Waals surface area contributed by atoms with Crippen LogP contribution in [0.25, 0.3) is 0 Å². The molecule has 0 saturated carbocycles. The summed E-state index contributed by atoms with van der Waals surface area (Å²) in [5.41, 5.74) is 0.508. The van der Waals surface area contributed by atoms with Crippen molar-refractivity contribution >= 4 is 34.2 Å². The van der Waals surface area contributed by atoms with Gasteiger partial charge in [0.2, 0.25) is 0 Å². The van der Waals surface area contributed by atoms with Gasteiger partial charge in [-0.3, -0.25) is 4.79 Å². The van der Waals surface area contributed by atoms with Gasteiger partial charge in [-0.05, 0) is 34.6 Å². The van der Waals surface area contributed by atoms with Crippen LogP contribution >= 0.6 is 28.3 Å². The van der Waals surface area contributed by atoms with Crippen LogP contribution in [-0.4, -0.2) is 39.8 Å². The van der Waals surface area contributed by atoms with Gasteiger partial charge in [0.25, 0.3) is 5.91 Å². The molecule has 20 heavy (non-hydrogen) atoms. The normalized spacial score (nSPS) is 9.60. The standard InChI is InChI=1S/C13H19BrN2O3.ClH/c1-4-15-5-6-16-13(17)9-7-10(18-2)12(14)11(8-9)19-3;/h7-8,15H,4-6H2,1-3H3,(H,16,17);1H. The SMILES string of the molecule is CCNCCNC(=O)c1cc(OC)c(Br)c(OC)c1.Cl. The lowest BCUT2D eigenvalue weighted by molar-refractivity contribution is 0.0953. The summed E-state index contributed by atoms with van der Waals surface area (Å²) >= 11 is 3.37. The average molecular weight is 368 g/mol. The Bertz CT molecular complexity index is 419. The van der Waals surface area contributed by atoms with E-state index in [0.717, 1.165) is 13.1 Å². The number of benzene rings is 1. The van der Waals surface area contributed by atoms with E-state index in [4.69, 9.17) is 9.47 Å². The zero-order valence-electron chi connectivity index (χ0n) is 11.8. The van der Waals surface area contributed by atoms with Crippen molar-refractivity contribution in [1.82, 2.24) is 10.6 Å². The highest BCUT2D eigenvalue weighted by Gasteiger charge is 2.14. The van der Waals surface area contributed by atoms with Gasteiger partial charge in [-0.1, -0.05) is 6.92 Å². The van der Waals surface area contributed by atoms with Crippen molar-refractivity contribution < 1.29 is 14.3 Å². The van der Waals surface area contributed by atoms with Crippen molar-refractivity contribution in [3.05, 3.63) is 22.2 Å². The highest BCUT2D eigenvalue weighted by Crippen LogP contribution is 2.35. The molecule has 114 valence electrons. The summed E-state index contributed by atoms with van der Waals surface area (Å²) in [6.45, 7) is 4.22. The van der Waals surface area contributed by atoms with Crippen LogP contribution in [0.5, 0.6) is 11.5 Å². The molecule has 5 nitrogen and oxygen atoms in total. The molecule has 1 aromatic carbocycles. The van der Waals surface area contributed by atoms with Crippen molar-refractivity contribution in [2.45, 2.75) is 6.92 Å². The number of likely N-dealkylation sites (N-methyl/N-ethyl adjacent to an activating group) is 1. The number of carbonyl (C=O) groups excluding carboxylic acids is 1. The zero-order valence-corrected chi connectivity index (χ0v) is 14.2. The lowest BCUT2D eigenvalue weighted by atomic mass is 10.2.